The van der Waals surface area contributed by atoms with Crippen LogP contribution in [0.25, 0.3) is 11.1 Å². The van der Waals surface area contributed by atoms with E-state index in [0.717, 1.165) is 22.3 Å². The Hall–Kier alpha value is -5.81. The Labute approximate surface area is 326 Å². The third kappa shape index (κ3) is 10.7. The van der Waals surface area contributed by atoms with Crippen LogP contribution in [0.5, 0.6) is 5.75 Å². The van der Waals surface area contributed by atoms with E-state index in [0.29, 0.717) is 34.0 Å². The molecule has 2 amide bonds. The van der Waals surface area contributed by atoms with Gasteiger partial charge in [-0.25, -0.2) is 0 Å². The lowest BCUT2D eigenvalue weighted by Crippen LogP contribution is -2.44. The number of esters is 2. The van der Waals surface area contributed by atoms with Gasteiger partial charge in [0, 0.05) is 68.3 Å². The van der Waals surface area contributed by atoms with Crippen molar-refractivity contribution in [1.82, 2.24) is 20.9 Å². The first kappa shape index (κ1) is 42.9. The van der Waals surface area contributed by atoms with Gasteiger partial charge in [-0.1, -0.05) is 24.3 Å². The predicted molar refractivity (Wildman–Crippen MR) is 209 cm³/mol. The van der Waals surface area contributed by atoms with Gasteiger partial charge >= 0.3 is 11.9 Å². The van der Waals surface area contributed by atoms with Crippen LogP contribution in [0.2, 0.25) is 0 Å². The van der Waals surface area contributed by atoms with Gasteiger partial charge in [-0.05, 0) is 54.3 Å². The largest absolute Gasteiger partial charge is 0.497 e. The maximum absolute atomic E-state index is 13.5. The van der Waals surface area contributed by atoms with E-state index in [4.69, 9.17) is 28.4 Å². The van der Waals surface area contributed by atoms with Crippen molar-refractivity contribution in [1.29, 1.82) is 0 Å². The second-order valence-electron chi connectivity index (χ2n) is 12.7. The van der Waals surface area contributed by atoms with Gasteiger partial charge in [0.25, 0.3) is 11.8 Å². The van der Waals surface area contributed by atoms with Crippen LogP contribution in [-0.4, -0.2) is 109 Å². The van der Waals surface area contributed by atoms with Crippen molar-refractivity contribution in [3.8, 4) is 16.9 Å². The van der Waals surface area contributed by atoms with Crippen LogP contribution < -0.4 is 31.3 Å². The molecule has 0 fully saturated rings. The number of amides is 2. The number of carbonyl (C=O) groups excluding carboxylic acids is 4. The molecule has 0 saturated carbocycles. The fraction of sp³-hybridized carbons (Fsp3) is 0.375. The molecular weight excluding hydrogens is 724 g/mol. The molecule has 56 heavy (non-hydrogen) atoms. The lowest BCUT2D eigenvalue weighted by molar-refractivity contribution is -0.145. The van der Waals surface area contributed by atoms with Crippen molar-refractivity contribution < 1.29 is 47.6 Å². The zero-order valence-corrected chi connectivity index (χ0v) is 32.9. The number of ether oxygens (including phenoxy) is 6. The van der Waals surface area contributed by atoms with Gasteiger partial charge in [-0.15, -0.1) is 0 Å². The molecule has 4 rings (SSSR count). The number of carbonyl (C=O) groups is 4. The summed E-state index contributed by atoms with van der Waals surface area (Å²) in [5.41, 5.74) is 6.00. The van der Waals surface area contributed by atoms with E-state index in [1.807, 2.05) is 44.2 Å². The molecule has 5 N–H and O–H groups in total. The summed E-state index contributed by atoms with van der Waals surface area (Å²) in [5, 5.41) is 15.2. The number of benzene rings is 2. The number of methoxy groups -OCH3 is 6. The zero-order chi connectivity index (χ0) is 40.8. The van der Waals surface area contributed by atoms with Gasteiger partial charge in [0.15, 0.2) is 0 Å². The average Bonchev–Trinajstić information content (AvgIpc) is 3.21. The van der Waals surface area contributed by atoms with Crippen molar-refractivity contribution >= 4 is 35.1 Å². The van der Waals surface area contributed by atoms with E-state index in [2.05, 4.69) is 31.6 Å². The Kier molecular flexibility index (Phi) is 15.9. The third-order valence-electron chi connectivity index (χ3n) is 9.15. The lowest BCUT2D eigenvalue weighted by Gasteiger charge is -2.24. The molecule has 1 aliphatic rings. The molecule has 2 heterocycles. The Morgan fingerprint density at radius 3 is 1.88 bits per heavy atom. The highest BCUT2D eigenvalue weighted by Crippen LogP contribution is 2.34. The van der Waals surface area contributed by atoms with E-state index in [1.54, 1.807) is 18.3 Å². The number of dihydropyridines is 1. The summed E-state index contributed by atoms with van der Waals surface area (Å²) in [5.74, 6) is -0.787. The summed E-state index contributed by atoms with van der Waals surface area (Å²) in [7, 11) is 8.59. The molecule has 3 atom stereocenters. The van der Waals surface area contributed by atoms with Crippen LogP contribution in [0.4, 0.5) is 11.4 Å². The molecule has 3 aromatic rings. The lowest BCUT2D eigenvalue weighted by atomic mass is 9.94. The summed E-state index contributed by atoms with van der Waals surface area (Å²) in [6.45, 7) is 4.53. The van der Waals surface area contributed by atoms with Gasteiger partial charge in [0.05, 0.1) is 41.7 Å². The quantitative estimate of drug-likeness (QED) is 0.112. The minimum Gasteiger partial charge on any atom is -0.497 e. The normalized spacial score (nSPS) is 14.6. The highest BCUT2D eigenvalue weighted by Gasteiger charge is 2.26. The maximum atomic E-state index is 13.5. The fourth-order valence-electron chi connectivity index (χ4n) is 6.00. The SMILES string of the molecule is COC[C@@H](NCC1=CNC(C(=O)Nc2cccc(-c3cccc(NC(=O)c4cc(OC)c(CN[C@H](COC)C(=O)OC)cn4)c3C)c2C)C=C1OC)C(=O)OC. The highest BCUT2D eigenvalue weighted by molar-refractivity contribution is 6.04. The van der Waals surface area contributed by atoms with Crippen molar-refractivity contribution in [3.05, 3.63) is 94.7 Å². The molecule has 1 aromatic heterocycles. The van der Waals surface area contributed by atoms with Crippen molar-refractivity contribution in [3.63, 3.8) is 0 Å². The molecule has 1 aliphatic heterocycles. The molecule has 16 heteroatoms. The molecule has 0 bridgehead atoms. The van der Waals surface area contributed by atoms with E-state index in [9.17, 15) is 19.2 Å². The summed E-state index contributed by atoms with van der Waals surface area (Å²) in [6, 6.07) is 10.6. The molecule has 0 radical (unpaired) electrons. The summed E-state index contributed by atoms with van der Waals surface area (Å²) in [4.78, 5) is 55.4. The van der Waals surface area contributed by atoms with E-state index in [-0.39, 0.29) is 37.9 Å². The number of aromatic nitrogens is 1. The molecule has 300 valence electrons. The van der Waals surface area contributed by atoms with Crippen molar-refractivity contribution in [2.75, 3.05) is 73.1 Å². The minimum atomic E-state index is -0.739. The standard InChI is InChI=1S/C40H50N6O10/c1-23-27(11-9-13-29(23)45-37(47)31-15-35(53-5)25(17-41-31)19-43-33(21-51-3)39(49)55-7)28-12-10-14-30(24(28)2)46-38(48)32-16-36(54-6)26(18-42-32)20-44-34(22-52-4)40(50)56-8/h9-18,31,33-34,41,43-44H,19-22H2,1-8H3,(H,45,47)(H,46,48)/t31?,33-,34-/m1/s1. The Morgan fingerprint density at radius 1 is 0.768 bits per heavy atom. The van der Waals surface area contributed by atoms with E-state index >= 15 is 0 Å². The average molecular weight is 775 g/mol. The van der Waals surface area contributed by atoms with Crippen LogP contribution in [0.1, 0.15) is 27.2 Å². The topological polar surface area (TPSA) is 197 Å². The number of pyridine rings is 1. The second kappa shape index (κ2) is 20.8. The van der Waals surface area contributed by atoms with Gasteiger partial charge in [0.1, 0.15) is 35.3 Å². The maximum Gasteiger partial charge on any atom is 0.325 e. The van der Waals surface area contributed by atoms with E-state index < -0.39 is 36.0 Å². The first-order valence-electron chi connectivity index (χ1n) is 17.7. The summed E-state index contributed by atoms with van der Waals surface area (Å²) < 4.78 is 31.0. The van der Waals surface area contributed by atoms with Crippen LogP contribution in [0, 0.1) is 13.8 Å². The fourth-order valence-corrected chi connectivity index (χ4v) is 6.00. The Bertz CT molecular complexity index is 1950. The second-order valence-corrected chi connectivity index (χ2v) is 12.7. The van der Waals surface area contributed by atoms with Crippen LogP contribution >= 0.6 is 0 Å². The number of rotatable bonds is 19. The number of hydrogen-bond acceptors (Lipinski definition) is 14. The molecule has 16 nitrogen and oxygen atoms in total. The molecular formula is C40H50N6O10. The molecule has 2 aromatic carbocycles. The number of nitrogens with zero attached hydrogens (tertiary/aromatic N) is 1. The van der Waals surface area contributed by atoms with Gasteiger partial charge in [0.2, 0.25) is 0 Å². The number of hydrogen-bond donors (Lipinski definition) is 5. The molecule has 0 aliphatic carbocycles. The molecule has 1 unspecified atom stereocenters. The van der Waals surface area contributed by atoms with Gasteiger partial charge in [-0.3, -0.25) is 34.8 Å². The molecule has 0 saturated heterocycles. The monoisotopic (exact) mass is 774 g/mol. The van der Waals surface area contributed by atoms with Gasteiger partial charge < -0.3 is 44.4 Å². The minimum absolute atomic E-state index is 0.112. The summed E-state index contributed by atoms with van der Waals surface area (Å²) in [6.07, 6.45) is 4.86. The first-order valence-corrected chi connectivity index (χ1v) is 17.7. The van der Waals surface area contributed by atoms with Crippen LogP contribution in [-0.2, 0) is 44.6 Å². The van der Waals surface area contributed by atoms with E-state index in [1.165, 1.54) is 54.9 Å². The molecule has 0 spiro atoms. The van der Waals surface area contributed by atoms with Crippen LogP contribution in [0.15, 0.2) is 72.3 Å². The van der Waals surface area contributed by atoms with Crippen LogP contribution in [0.3, 0.4) is 0 Å². The number of anilines is 2. The third-order valence-corrected chi connectivity index (χ3v) is 9.15. The first-order chi connectivity index (χ1) is 27.0. The summed E-state index contributed by atoms with van der Waals surface area (Å²) >= 11 is 0. The Balaban J connectivity index is 1.46. The van der Waals surface area contributed by atoms with Gasteiger partial charge in [-0.2, -0.15) is 0 Å². The van der Waals surface area contributed by atoms with Crippen molar-refractivity contribution in [2.24, 2.45) is 0 Å². The number of nitrogens with one attached hydrogen (secondary N) is 5. The smallest absolute Gasteiger partial charge is 0.325 e. The van der Waals surface area contributed by atoms with Crippen molar-refractivity contribution in [2.45, 2.75) is 38.5 Å². The highest BCUT2D eigenvalue weighted by atomic mass is 16.5. The zero-order valence-electron chi connectivity index (χ0n) is 32.9. The predicted octanol–water partition coefficient (Wildman–Crippen LogP) is 3.01. The Morgan fingerprint density at radius 2 is 1.34 bits per heavy atom.